The van der Waals surface area contributed by atoms with Crippen molar-refractivity contribution in [1.82, 2.24) is 30.1 Å². The Morgan fingerprint density at radius 3 is 2.50 bits per heavy atom. The molecule has 0 bridgehead atoms. The highest BCUT2D eigenvalue weighted by Gasteiger charge is 2.55. The van der Waals surface area contributed by atoms with E-state index >= 15 is 0 Å². The van der Waals surface area contributed by atoms with Crippen molar-refractivity contribution in [3.63, 3.8) is 0 Å². The molecule has 10 heteroatoms. The lowest BCUT2D eigenvalue weighted by Crippen LogP contribution is -2.40. The van der Waals surface area contributed by atoms with E-state index in [1.807, 2.05) is 53.1 Å². The lowest BCUT2D eigenvalue weighted by Gasteiger charge is -2.13. The number of nitrogens with two attached hydrogens (primary N) is 1. The number of hydrogen-bond donors (Lipinski definition) is 2. The first kappa shape index (κ1) is 20.2. The molecule has 0 spiro atoms. The molecule has 0 saturated heterocycles. The zero-order chi connectivity index (χ0) is 22.5. The van der Waals surface area contributed by atoms with Crippen LogP contribution in [0.4, 0.5) is 0 Å². The lowest BCUT2D eigenvalue weighted by molar-refractivity contribution is -0.135. The summed E-state index contributed by atoms with van der Waals surface area (Å²) in [5.74, 6) is -0.452. The molecule has 32 heavy (non-hydrogen) atoms. The second-order valence-corrected chi connectivity index (χ2v) is 8.29. The van der Waals surface area contributed by atoms with Gasteiger partial charge in [0.2, 0.25) is 17.6 Å². The number of carbonyl (C=O) groups is 2. The minimum Gasteiger partial charge on any atom is -0.369 e. The fourth-order valence-corrected chi connectivity index (χ4v) is 4.20. The Morgan fingerprint density at radius 1 is 1.16 bits per heavy atom. The van der Waals surface area contributed by atoms with Gasteiger partial charge in [0.25, 0.3) is 0 Å². The molecule has 2 aromatic carbocycles. The molecule has 1 saturated carbocycles. The molecule has 0 atom stereocenters. The summed E-state index contributed by atoms with van der Waals surface area (Å²) in [4.78, 5) is 25.2. The Bertz CT molecular complexity index is 1350. The third-order valence-electron chi connectivity index (χ3n) is 5.84. The Labute approximate surface area is 188 Å². The zero-order valence-corrected chi connectivity index (χ0v) is 18.0. The maximum Gasteiger partial charge on any atom is 0.235 e. The van der Waals surface area contributed by atoms with Crippen LogP contribution in [0.15, 0.2) is 48.5 Å². The molecule has 3 N–H and O–H groups in total. The highest BCUT2D eigenvalue weighted by molar-refractivity contribution is 6.38. The minimum atomic E-state index is -1.03. The molecule has 2 amide bonds. The van der Waals surface area contributed by atoms with Gasteiger partial charge in [0.05, 0.1) is 17.6 Å². The van der Waals surface area contributed by atoms with E-state index < -0.39 is 11.3 Å². The molecule has 1 aliphatic carbocycles. The monoisotopic (exact) mass is 449 g/mol. The molecule has 162 valence electrons. The van der Waals surface area contributed by atoms with E-state index in [1.54, 1.807) is 7.05 Å². The normalized spacial score (nSPS) is 14.4. The number of nitrogens with one attached hydrogen (secondary N) is 1. The third-order valence-corrected chi connectivity index (χ3v) is 6.22. The maximum absolute atomic E-state index is 12.3. The van der Waals surface area contributed by atoms with Gasteiger partial charge in [0.1, 0.15) is 11.1 Å². The van der Waals surface area contributed by atoms with Crippen LogP contribution < -0.4 is 11.1 Å². The van der Waals surface area contributed by atoms with Crippen LogP contribution in [0.25, 0.3) is 28.1 Å². The topological polar surface area (TPSA) is 121 Å². The van der Waals surface area contributed by atoms with Crippen molar-refractivity contribution in [2.24, 2.45) is 18.2 Å². The molecular weight excluding hydrogens is 430 g/mol. The van der Waals surface area contributed by atoms with Crippen molar-refractivity contribution in [1.29, 1.82) is 0 Å². The second-order valence-electron chi connectivity index (χ2n) is 7.91. The molecule has 0 radical (unpaired) electrons. The number of aromatic nitrogens is 5. The van der Waals surface area contributed by atoms with E-state index in [2.05, 4.69) is 20.7 Å². The first-order valence-corrected chi connectivity index (χ1v) is 10.5. The highest BCUT2D eigenvalue weighted by Crippen LogP contribution is 2.45. The molecule has 1 fully saturated rings. The van der Waals surface area contributed by atoms with Gasteiger partial charge in [-0.1, -0.05) is 41.9 Å². The van der Waals surface area contributed by atoms with Crippen LogP contribution in [0.1, 0.15) is 18.4 Å². The van der Waals surface area contributed by atoms with E-state index in [0.29, 0.717) is 35.9 Å². The largest absolute Gasteiger partial charge is 0.369 e. The number of amides is 2. The molecule has 2 aromatic heterocycles. The molecule has 0 unspecified atom stereocenters. The number of nitrogens with zero attached hydrogens (tertiary/aromatic N) is 5. The summed E-state index contributed by atoms with van der Waals surface area (Å²) in [6.07, 6.45) is 1.02. The molecular formula is C22H20ClN7O2. The number of fused-ring (bicyclic) bond motifs is 1. The van der Waals surface area contributed by atoms with Crippen molar-refractivity contribution in [2.75, 3.05) is 0 Å². The number of carbonyl (C=O) groups excluding carboxylic acids is 2. The Balaban J connectivity index is 1.47. The molecule has 0 aliphatic heterocycles. The number of hydrogen-bond acceptors (Lipinski definition) is 5. The van der Waals surface area contributed by atoms with Gasteiger partial charge < -0.3 is 15.6 Å². The maximum atomic E-state index is 12.3. The number of aryl methyl sites for hydroxylation is 1. The minimum absolute atomic E-state index is 0.305. The van der Waals surface area contributed by atoms with E-state index in [9.17, 15) is 9.59 Å². The van der Waals surface area contributed by atoms with Crippen LogP contribution in [-0.4, -0.2) is 36.6 Å². The van der Waals surface area contributed by atoms with E-state index in [0.717, 1.165) is 22.2 Å². The number of halogens is 1. The van der Waals surface area contributed by atoms with Crippen molar-refractivity contribution in [2.45, 2.75) is 19.4 Å². The van der Waals surface area contributed by atoms with Gasteiger partial charge in [-0.2, -0.15) is 4.80 Å². The molecule has 9 nitrogen and oxygen atoms in total. The summed E-state index contributed by atoms with van der Waals surface area (Å²) in [6, 6.07) is 15.5. The number of primary amides is 1. The van der Waals surface area contributed by atoms with Crippen molar-refractivity contribution in [3.05, 3.63) is 59.1 Å². The summed E-state index contributed by atoms with van der Waals surface area (Å²) in [6.45, 7) is 0.305. The summed E-state index contributed by atoms with van der Waals surface area (Å²) in [5, 5.41) is 16.7. The Morgan fingerprint density at radius 2 is 1.88 bits per heavy atom. The SMILES string of the molecule is Cn1nnc(-c2c(Cl)c3ccccc3n2-c2ccc(CNC(=O)C3(C(N)=O)CC3)cc2)n1. The van der Waals surface area contributed by atoms with E-state index in [1.165, 1.54) is 4.80 Å². The Hall–Kier alpha value is -3.72. The summed E-state index contributed by atoms with van der Waals surface area (Å²) in [7, 11) is 1.70. The second kappa shape index (κ2) is 7.45. The first-order chi connectivity index (χ1) is 15.4. The molecule has 5 rings (SSSR count). The third kappa shape index (κ3) is 3.21. The van der Waals surface area contributed by atoms with Gasteiger partial charge >= 0.3 is 0 Å². The summed E-state index contributed by atoms with van der Waals surface area (Å²) < 4.78 is 1.99. The van der Waals surface area contributed by atoms with Crippen LogP contribution in [-0.2, 0) is 23.2 Å². The van der Waals surface area contributed by atoms with Gasteiger partial charge in [0.15, 0.2) is 0 Å². The summed E-state index contributed by atoms with van der Waals surface area (Å²) >= 11 is 6.72. The average Bonchev–Trinajstić information content (AvgIpc) is 3.43. The van der Waals surface area contributed by atoms with Crippen LogP contribution >= 0.6 is 11.6 Å². The molecule has 4 aromatic rings. The lowest BCUT2D eigenvalue weighted by atomic mass is 10.1. The average molecular weight is 450 g/mol. The van der Waals surface area contributed by atoms with Crippen LogP contribution in [0.3, 0.4) is 0 Å². The van der Waals surface area contributed by atoms with Gasteiger partial charge in [-0.15, -0.1) is 10.2 Å². The number of tetrazole rings is 1. The number of para-hydroxylation sites is 1. The quantitative estimate of drug-likeness (QED) is 0.438. The summed E-state index contributed by atoms with van der Waals surface area (Å²) in [5.41, 5.74) is 7.66. The van der Waals surface area contributed by atoms with Crippen LogP contribution in [0.2, 0.25) is 5.02 Å². The Kier molecular flexibility index (Phi) is 4.70. The highest BCUT2D eigenvalue weighted by atomic mass is 35.5. The van der Waals surface area contributed by atoms with E-state index in [-0.39, 0.29) is 5.91 Å². The van der Waals surface area contributed by atoms with Crippen LogP contribution in [0, 0.1) is 5.41 Å². The molecule has 1 aliphatic rings. The van der Waals surface area contributed by atoms with Crippen molar-refractivity contribution in [3.8, 4) is 17.2 Å². The van der Waals surface area contributed by atoms with Gasteiger partial charge in [-0.05, 0) is 41.8 Å². The van der Waals surface area contributed by atoms with Gasteiger partial charge in [-0.3, -0.25) is 9.59 Å². The van der Waals surface area contributed by atoms with Crippen LogP contribution in [0.5, 0.6) is 0 Å². The predicted molar refractivity (Wildman–Crippen MR) is 119 cm³/mol. The first-order valence-electron chi connectivity index (χ1n) is 10.1. The van der Waals surface area contributed by atoms with Gasteiger partial charge in [0, 0.05) is 17.6 Å². The van der Waals surface area contributed by atoms with Crippen molar-refractivity contribution < 1.29 is 9.59 Å². The zero-order valence-electron chi connectivity index (χ0n) is 17.2. The number of benzene rings is 2. The fourth-order valence-electron chi connectivity index (χ4n) is 3.87. The fraction of sp³-hybridized carbons (Fsp3) is 0.227. The standard InChI is InChI=1S/C22H20ClN7O2/c1-29-27-19(26-28-29)18-17(23)15-4-2-3-5-16(15)30(18)14-8-6-13(7-9-14)12-25-21(32)22(10-11-22)20(24)31/h2-9H,10-12H2,1H3,(H2,24,31)(H,25,32). The molecule has 2 heterocycles. The van der Waals surface area contributed by atoms with E-state index in [4.69, 9.17) is 17.3 Å². The predicted octanol–water partition coefficient (Wildman–Crippen LogP) is 2.36. The van der Waals surface area contributed by atoms with Gasteiger partial charge in [-0.25, -0.2) is 0 Å². The smallest absolute Gasteiger partial charge is 0.235 e. The number of rotatable bonds is 6. The van der Waals surface area contributed by atoms with Crippen molar-refractivity contribution >= 4 is 34.3 Å².